The van der Waals surface area contributed by atoms with E-state index < -0.39 is 0 Å². The van der Waals surface area contributed by atoms with E-state index in [1.54, 1.807) is 0 Å². The topological polar surface area (TPSA) is 26.3 Å². The molecule has 1 saturated heterocycles. The number of ether oxygens (including phenoxy) is 1. The summed E-state index contributed by atoms with van der Waals surface area (Å²) in [4.78, 5) is 11.4. The first-order valence-corrected chi connectivity index (χ1v) is 5.17. The second-order valence-electron chi connectivity index (χ2n) is 3.57. The van der Waals surface area contributed by atoms with Crippen LogP contribution in [0.2, 0.25) is 0 Å². The van der Waals surface area contributed by atoms with E-state index in [-0.39, 0.29) is 18.1 Å². The highest BCUT2D eigenvalue weighted by Crippen LogP contribution is 2.25. The third-order valence-electron chi connectivity index (χ3n) is 2.33. The summed E-state index contributed by atoms with van der Waals surface area (Å²) < 4.78 is 5.54. The van der Waals surface area contributed by atoms with Crippen molar-refractivity contribution in [2.24, 2.45) is 5.92 Å². The van der Waals surface area contributed by atoms with Gasteiger partial charge in [0.2, 0.25) is 0 Å². The van der Waals surface area contributed by atoms with Crippen LogP contribution in [-0.4, -0.2) is 23.7 Å². The summed E-state index contributed by atoms with van der Waals surface area (Å²) in [6.45, 7) is 4.06. The van der Waals surface area contributed by atoms with E-state index in [2.05, 4.69) is 12.6 Å². The van der Waals surface area contributed by atoms with E-state index in [0.717, 1.165) is 12.8 Å². The van der Waals surface area contributed by atoms with E-state index in [9.17, 15) is 4.79 Å². The molecule has 0 amide bonds. The Morgan fingerprint density at radius 2 is 1.92 bits per heavy atom. The Morgan fingerprint density at radius 1 is 1.42 bits per heavy atom. The molecule has 12 heavy (non-hydrogen) atoms. The Labute approximate surface area is 79.1 Å². The average Bonchev–Trinajstić information content (AvgIpc) is 2.01. The molecule has 0 bridgehead atoms. The van der Waals surface area contributed by atoms with Crippen LogP contribution in [0.3, 0.4) is 0 Å². The predicted molar refractivity (Wildman–Crippen MR) is 52.8 cm³/mol. The number of carbonyl (C=O) groups excluding carboxylic acids is 1. The maximum absolute atomic E-state index is 11.4. The number of carbonyl (C=O) groups is 1. The standard InChI is InChI=1S/C9H16O2S/c1-6-3-8(9(10)5-12)4-7(2)11-6/h6-8,12H,3-5H2,1-2H3/p+1/t6-,7+,8?. The van der Waals surface area contributed by atoms with Crippen molar-refractivity contribution in [1.82, 2.24) is 0 Å². The SMILES string of the molecule is C[C@@H]1CC(C(=O)C[SH2+])C[C@H](C)O1. The number of Topliss-reactive ketones (excluding diaryl/α,β-unsaturated/α-hetero) is 1. The van der Waals surface area contributed by atoms with Gasteiger partial charge in [-0.05, 0) is 39.3 Å². The molecule has 1 heterocycles. The molecule has 1 rings (SSSR count). The van der Waals surface area contributed by atoms with E-state index in [4.69, 9.17) is 4.74 Å². The summed E-state index contributed by atoms with van der Waals surface area (Å²) in [5.74, 6) is 0.999. The van der Waals surface area contributed by atoms with Crippen LogP contribution in [0.5, 0.6) is 0 Å². The van der Waals surface area contributed by atoms with Crippen molar-refractivity contribution in [2.45, 2.75) is 38.9 Å². The Hall–Kier alpha value is -0.0200. The number of hydrogen-bond donors (Lipinski definition) is 0. The van der Waals surface area contributed by atoms with Crippen LogP contribution in [0.15, 0.2) is 0 Å². The molecule has 0 radical (unpaired) electrons. The highest BCUT2D eigenvalue weighted by Gasteiger charge is 2.29. The summed E-state index contributed by atoms with van der Waals surface area (Å²) in [6, 6.07) is 0. The van der Waals surface area contributed by atoms with Crippen LogP contribution < -0.4 is 0 Å². The second kappa shape index (κ2) is 4.28. The van der Waals surface area contributed by atoms with Gasteiger partial charge >= 0.3 is 0 Å². The second-order valence-corrected chi connectivity index (χ2v) is 3.92. The lowest BCUT2D eigenvalue weighted by molar-refractivity contribution is -0.128. The summed E-state index contributed by atoms with van der Waals surface area (Å²) in [5.41, 5.74) is 0. The summed E-state index contributed by atoms with van der Waals surface area (Å²) in [7, 11) is 0. The number of ketones is 1. The van der Waals surface area contributed by atoms with Crippen molar-refractivity contribution < 1.29 is 9.53 Å². The third kappa shape index (κ3) is 2.49. The van der Waals surface area contributed by atoms with Gasteiger partial charge in [0, 0.05) is 5.92 Å². The molecular weight excluding hydrogens is 172 g/mol. The van der Waals surface area contributed by atoms with Crippen LogP contribution in [-0.2, 0) is 22.2 Å². The van der Waals surface area contributed by atoms with E-state index in [1.165, 1.54) is 0 Å². The van der Waals surface area contributed by atoms with Crippen molar-refractivity contribution >= 4 is 18.4 Å². The molecular formula is C9H17O2S+. The van der Waals surface area contributed by atoms with E-state index in [1.807, 2.05) is 13.8 Å². The quantitative estimate of drug-likeness (QED) is 0.600. The summed E-state index contributed by atoms with van der Waals surface area (Å²) >= 11 is 3.25. The Kier molecular flexibility index (Phi) is 3.59. The fourth-order valence-electron chi connectivity index (χ4n) is 1.81. The largest absolute Gasteiger partial charge is 0.376 e. The highest BCUT2D eigenvalue weighted by molar-refractivity contribution is 7.59. The van der Waals surface area contributed by atoms with Crippen molar-refractivity contribution in [2.75, 3.05) is 5.75 Å². The predicted octanol–water partition coefficient (Wildman–Crippen LogP) is 0.771. The zero-order valence-electron chi connectivity index (χ0n) is 7.67. The van der Waals surface area contributed by atoms with Crippen molar-refractivity contribution in [1.29, 1.82) is 0 Å². The molecule has 1 aliphatic heterocycles. The normalized spacial score (nSPS) is 36.4. The first kappa shape index (κ1) is 10.1. The highest BCUT2D eigenvalue weighted by atomic mass is 32.1. The third-order valence-corrected chi connectivity index (χ3v) is 2.68. The fraction of sp³-hybridized carbons (Fsp3) is 0.889. The van der Waals surface area contributed by atoms with Gasteiger partial charge < -0.3 is 4.74 Å². The molecule has 0 aromatic carbocycles. The Morgan fingerprint density at radius 3 is 2.33 bits per heavy atom. The summed E-state index contributed by atoms with van der Waals surface area (Å²) in [5, 5.41) is 0. The molecule has 3 atom stereocenters. The van der Waals surface area contributed by atoms with Crippen molar-refractivity contribution in [3.05, 3.63) is 0 Å². The molecule has 0 spiro atoms. The molecule has 0 N–H and O–H groups in total. The fourth-order valence-corrected chi connectivity index (χ4v) is 2.10. The monoisotopic (exact) mass is 189 g/mol. The molecule has 0 aromatic rings. The van der Waals surface area contributed by atoms with Crippen LogP contribution in [0.1, 0.15) is 26.7 Å². The molecule has 1 aliphatic rings. The molecule has 0 aromatic heterocycles. The van der Waals surface area contributed by atoms with Crippen LogP contribution in [0.25, 0.3) is 0 Å². The summed E-state index contributed by atoms with van der Waals surface area (Å²) in [6.07, 6.45) is 2.24. The minimum Gasteiger partial charge on any atom is -0.376 e. The van der Waals surface area contributed by atoms with Gasteiger partial charge in [-0.2, -0.15) is 0 Å². The van der Waals surface area contributed by atoms with Crippen LogP contribution in [0.4, 0.5) is 0 Å². The van der Waals surface area contributed by atoms with E-state index in [0.29, 0.717) is 11.5 Å². The maximum Gasteiger partial charge on any atom is 0.184 e. The van der Waals surface area contributed by atoms with Gasteiger partial charge in [0.25, 0.3) is 0 Å². The van der Waals surface area contributed by atoms with Gasteiger partial charge in [-0.1, -0.05) is 0 Å². The van der Waals surface area contributed by atoms with Crippen molar-refractivity contribution in [3.8, 4) is 0 Å². The lowest BCUT2D eigenvalue weighted by atomic mass is 9.90. The zero-order valence-corrected chi connectivity index (χ0v) is 8.67. The molecule has 70 valence electrons. The molecule has 3 heteroatoms. The minimum absolute atomic E-state index is 0.209. The van der Waals surface area contributed by atoms with Gasteiger partial charge in [0.15, 0.2) is 11.5 Å². The lowest BCUT2D eigenvalue weighted by Crippen LogP contribution is -2.34. The molecule has 1 fully saturated rings. The van der Waals surface area contributed by atoms with Crippen molar-refractivity contribution in [3.63, 3.8) is 0 Å². The van der Waals surface area contributed by atoms with Gasteiger partial charge in [-0.25, -0.2) is 0 Å². The lowest BCUT2D eigenvalue weighted by Gasteiger charge is -2.30. The molecule has 2 nitrogen and oxygen atoms in total. The first-order chi connectivity index (χ1) is 5.63. The average molecular weight is 189 g/mol. The van der Waals surface area contributed by atoms with Gasteiger partial charge in [0.05, 0.1) is 12.2 Å². The van der Waals surface area contributed by atoms with E-state index >= 15 is 0 Å². The Bertz CT molecular complexity index is 160. The smallest absolute Gasteiger partial charge is 0.184 e. The molecule has 0 saturated carbocycles. The molecule has 0 aliphatic carbocycles. The Balaban J connectivity index is 2.49. The van der Waals surface area contributed by atoms with Gasteiger partial charge in [-0.3, -0.25) is 4.79 Å². The van der Waals surface area contributed by atoms with Crippen LogP contribution >= 0.6 is 0 Å². The molecule has 1 unspecified atom stereocenters. The van der Waals surface area contributed by atoms with Crippen LogP contribution in [0, 0.1) is 5.92 Å². The number of hydrogen-bond acceptors (Lipinski definition) is 2. The van der Waals surface area contributed by atoms with Gasteiger partial charge in [-0.15, -0.1) is 0 Å². The van der Waals surface area contributed by atoms with Gasteiger partial charge in [0.1, 0.15) is 0 Å². The minimum atomic E-state index is 0.209. The number of rotatable bonds is 2. The maximum atomic E-state index is 11.4. The zero-order chi connectivity index (χ0) is 9.14. The first-order valence-electron chi connectivity index (χ1n) is 4.46.